The fourth-order valence-corrected chi connectivity index (χ4v) is 2.57. The summed E-state index contributed by atoms with van der Waals surface area (Å²) in [5, 5.41) is 2.62. The van der Waals surface area contributed by atoms with Crippen molar-refractivity contribution in [2.45, 2.75) is 38.8 Å². The minimum Gasteiger partial charge on any atom is -0.479 e. The normalized spacial score (nSPS) is 12.5. The molecule has 1 N–H and O–H groups in total. The number of benzene rings is 2. The van der Waals surface area contributed by atoms with Crippen molar-refractivity contribution < 1.29 is 23.9 Å². The molecule has 2 aromatic carbocycles. The van der Waals surface area contributed by atoms with E-state index in [4.69, 9.17) is 9.47 Å². The lowest BCUT2D eigenvalue weighted by molar-refractivity contribution is -0.155. The summed E-state index contributed by atoms with van der Waals surface area (Å²) < 4.78 is 10.7. The Balaban J connectivity index is 1.85. The van der Waals surface area contributed by atoms with E-state index in [1.807, 2.05) is 36.4 Å². The Morgan fingerprint density at radius 2 is 1.57 bits per heavy atom. The van der Waals surface area contributed by atoms with Crippen LogP contribution in [0.25, 0.3) is 0 Å². The average molecular weight is 383 g/mol. The van der Waals surface area contributed by atoms with Gasteiger partial charge in [-0.2, -0.15) is 0 Å². The van der Waals surface area contributed by atoms with Gasteiger partial charge in [-0.05, 0) is 37.5 Å². The number of amides is 1. The van der Waals surface area contributed by atoms with Gasteiger partial charge in [0.05, 0.1) is 6.04 Å². The quantitative estimate of drug-likeness (QED) is 0.638. The highest BCUT2D eigenvalue weighted by Gasteiger charge is 2.23. The van der Waals surface area contributed by atoms with Crippen LogP contribution in [0.2, 0.25) is 0 Å². The van der Waals surface area contributed by atoms with Crippen LogP contribution in [-0.4, -0.2) is 36.4 Å². The molecule has 0 aliphatic carbocycles. The first-order chi connectivity index (χ1) is 13.5. The van der Waals surface area contributed by atoms with Gasteiger partial charge in [0.2, 0.25) is 0 Å². The molecule has 28 heavy (non-hydrogen) atoms. The Labute approximate surface area is 164 Å². The number of esters is 1. The molecule has 0 unspecified atom stereocenters. The molecule has 0 aliphatic heterocycles. The van der Waals surface area contributed by atoms with Gasteiger partial charge in [-0.25, -0.2) is 4.79 Å². The largest absolute Gasteiger partial charge is 0.479 e. The van der Waals surface area contributed by atoms with Gasteiger partial charge in [0.1, 0.15) is 5.75 Å². The van der Waals surface area contributed by atoms with E-state index < -0.39 is 30.6 Å². The summed E-state index contributed by atoms with van der Waals surface area (Å²) in [5.41, 5.74) is 0.933. The van der Waals surface area contributed by atoms with Crippen molar-refractivity contribution in [3.05, 3.63) is 66.2 Å². The first-order valence-electron chi connectivity index (χ1n) is 9.21. The number of hydrogen-bond donors (Lipinski definition) is 1. The van der Waals surface area contributed by atoms with Crippen molar-refractivity contribution in [1.82, 2.24) is 5.32 Å². The molecular weight excluding hydrogens is 358 g/mol. The van der Waals surface area contributed by atoms with Crippen molar-refractivity contribution in [3.63, 3.8) is 0 Å². The van der Waals surface area contributed by atoms with Gasteiger partial charge < -0.3 is 14.8 Å². The SMILES string of the molecule is CC[C@@H](Oc1ccccc1)C(=O)OCC(=O)N[C@@H](Cc1ccccc1)C(C)=O. The Bertz CT molecular complexity index is 776. The molecule has 0 heterocycles. The van der Waals surface area contributed by atoms with E-state index in [1.54, 1.807) is 31.2 Å². The molecule has 0 saturated heterocycles. The zero-order valence-corrected chi connectivity index (χ0v) is 16.1. The highest BCUT2D eigenvalue weighted by atomic mass is 16.6. The van der Waals surface area contributed by atoms with Crippen LogP contribution in [0.1, 0.15) is 25.8 Å². The number of rotatable bonds is 10. The van der Waals surface area contributed by atoms with Crippen LogP contribution >= 0.6 is 0 Å². The number of nitrogens with one attached hydrogen (secondary N) is 1. The third kappa shape index (κ3) is 6.87. The second-order valence-electron chi connectivity index (χ2n) is 6.36. The average Bonchev–Trinajstić information content (AvgIpc) is 2.71. The van der Waals surface area contributed by atoms with Gasteiger partial charge in [-0.1, -0.05) is 55.5 Å². The molecule has 0 fully saturated rings. The number of carbonyl (C=O) groups is 3. The maximum absolute atomic E-state index is 12.2. The van der Waals surface area contributed by atoms with Crippen LogP contribution < -0.4 is 10.1 Å². The maximum Gasteiger partial charge on any atom is 0.347 e. The fourth-order valence-electron chi connectivity index (χ4n) is 2.57. The van der Waals surface area contributed by atoms with E-state index in [0.29, 0.717) is 18.6 Å². The minimum absolute atomic E-state index is 0.164. The molecule has 0 aromatic heterocycles. The molecule has 0 saturated carbocycles. The number of ketones is 1. The monoisotopic (exact) mass is 383 g/mol. The molecule has 2 aromatic rings. The predicted molar refractivity (Wildman–Crippen MR) is 105 cm³/mol. The molecule has 148 valence electrons. The highest BCUT2D eigenvalue weighted by Crippen LogP contribution is 2.13. The molecule has 6 heteroatoms. The zero-order valence-electron chi connectivity index (χ0n) is 16.1. The van der Waals surface area contributed by atoms with Crippen LogP contribution in [-0.2, 0) is 25.5 Å². The minimum atomic E-state index is -0.803. The Morgan fingerprint density at radius 1 is 0.964 bits per heavy atom. The summed E-state index contributed by atoms with van der Waals surface area (Å²) in [7, 11) is 0. The van der Waals surface area contributed by atoms with E-state index in [9.17, 15) is 14.4 Å². The fraction of sp³-hybridized carbons (Fsp3) is 0.318. The van der Waals surface area contributed by atoms with Crippen LogP contribution in [0.5, 0.6) is 5.75 Å². The smallest absolute Gasteiger partial charge is 0.347 e. The van der Waals surface area contributed by atoms with Crippen LogP contribution in [0.15, 0.2) is 60.7 Å². The zero-order chi connectivity index (χ0) is 20.4. The third-order valence-corrected chi connectivity index (χ3v) is 4.11. The van der Waals surface area contributed by atoms with Gasteiger partial charge >= 0.3 is 5.97 Å². The summed E-state index contributed by atoms with van der Waals surface area (Å²) >= 11 is 0. The molecule has 1 amide bonds. The number of para-hydroxylation sites is 1. The number of hydrogen-bond acceptors (Lipinski definition) is 5. The second kappa shape index (κ2) is 10.9. The summed E-state index contributed by atoms with van der Waals surface area (Å²) in [6.07, 6.45) is -0.0209. The third-order valence-electron chi connectivity index (χ3n) is 4.11. The van der Waals surface area contributed by atoms with Gasteiger partial charge in [-0.15, -0.1) is 0 Å². The van der Waals surface area contributed by atoms with Crippen LogP contribution in [0.3, 0.4) is 0 Å². The molecule has 0 spiro atoms. The van der Waals surface area contributed by atoms with Gasteiger partial charge in [-0.3, -0.25) is 9.59 Å². The lowest BCUT2D eigenvalue weighted by Gasteiger charge is -2.18. The van der Waals surface area contributed by atoms with Gasteiger partial charge in [0, 0.05) is 0 Å². The second-order valence-corrected chi connectivity index (χ2v) is 6.36. The number of ether oxygens (including phenoxy) is 2. The van der Waals surface area contributed by atoms with Crippen molar-refractivity contribution in [2.24, 2.45) is 0 Å². The predicted octanol–water partition coefficient (Wildman–Crippen LogP) is 2.70. The summed E-state index contributed by atoms with van der Waals surface area (Å²) in [6.45, 7) is 2.74. The molecule has 2 atom stereocenters. The first-order valence-corrected chi connectivity index (χ1v) is 9.21. The van der Waals surface area contributed by atoms with Crippen LogP contribution in [0, 0.1) is 0 Å². The van der Waals surface area contributed by atoms with E-state index >= 15 is 0 Å². The standard InChI is InChI=1S/C22H25NO5/c1-3-20(28-18-12-8-5-9-13-18)22(26)27-15-21(25)23-19(16(2)24)14-17-10-6-4-7-11-17/h4-13,19-20H,3,14-15H2,1-2H3,(H,23,25)/t19-,20+/m0/s1. The molecular formula is C22H25NO5. The maximum atomic E-state index is 12.2. The van der Waals surface area contributed by atoms with Crippen molar-refractivity contribution >= 4 is 17.7 Å². The molecule has 0 radical (unpaired) electrons. The summed E-state index contributed by atoms with van der Waals surface area (Å²) in [5.74, 6) is -0.763. The van der Waals surface area contributed by atoms with Crippen LogP contribution in [0.4, 0.5) is 0 Å². The van der Waals surface area contributed by atoms with Gasteiger partial charge in [0.25, 0.3) is 5.91 Å². The number of Topliss-reactive ketones (excluding diaryl/α,β-unsaturated/α-hetero) is 1. The lowest BCUT2D eigenvalue weighted by Crippen LogP contribution is -2.43. The Hall–Kier alpha value is -3.15. The van der Waals surface area contributed by atoms with Crippen molar-refractivity contribution in [1.29, 1.82) is 0 Å². The van der Waals surface area contributed by atoms with Crippen molar-refractivity contribution in [2.75, 3.05) is 6.61 Å². The Morgan fingerprint density at radius 3 is 2.14 bits per heavy atom. The lowest BCUT2D eigenvalue weighted by atomic mass is 10.0. The Kier molecular flexibility index (Phi) is 8.21. The highest BCUT2D eigenvalue weighted by molar-refractivity contribution is 5.89. The van der Waals surface area contributed by atoms with E-state index in [0.717, 1.165) is 5.56 Å². The molecule has 0 bridgehead atoms. The number of carbonyl (C=O) groups excluding carboxylic acids is 3. The van der Waals surface area contributed by atoms with E-state index in [1.165, 1.54) is 6.92 Å². The van der Waals surface area contributed by atoms with Crippen molar-refractivity contribution in [3.8, 4) is 5.75 Å². The van der Waals surface area contributed by atoms with E-state index in [-0.39, 0.29) is 5.78 Å². The molecule has 6 nitrogen and oxygen atoms in total. The summed E-state index contributed by atoms with van der Waals surface area (Å²) in [4.78, 5) is 36.2. The first kappa shape index (κ1) is 21.2. The van der Waals surface area contributed by atoms with Gasteiger partial charge in [0.15, 0.2) is 18.5 Å². The van der Waals surface area contributed by atoms with E-state index in [2.05, 4.69) is 5.32 Å². The molecule has 2 rings (SSSR count). The molecule has 0 aliphatic rings. The summed E-state index contributed by atoms with van der Waals surface area (Å²) in [6, 6.07) is 17.6. The topological polar surface area (TPSA) is 81.7 Å².